The first-order valence-electron chi connectivity index (χ1n) is 7.87. The number of amides is 1. The molecule has 0 atom stereocenters. The topological polar surface area (TPSA) is 93.0 Å². The molecule has 0 N–H and O–H groups in total. The van der Waals surface area contributed by atoms with Gasteiger partial charge in [-0.25, -0.2) is 4.79 Å². The van der Waals surface area contributed by atoms with Gasteiger partial charge in [0.2, 0.25) is 5.91 Å². The Kier molecular flexibility index (Phi) is 5.73. The molecule has 8 nitrogen and oxygen atoms in total. The highest BCUT2D eigenvalue weighted by Crippen LogP contribution is 2.26. The number of hydrogen-bond acceptors (Lipinski definition) is 6. The van der Waals surface area contributed by atoms with Gasteiger partial charge in [0.15, 0.2) is 0 Å². The highest BCUT2D eigenvalue weighted by Gasteiger charge is 2.24. The van der Waals surface area contributed by atoms with E-state index in [0.717, 1.165) is 6.42 Å². The Morgan fingerprint density at radius 2 is 2.00 bits per heavy atom. The second-order valence-electron chi connectivity index (χ2n) is 5.53. The van der Waals surface area contributed by atoms with Crippen molar-refractivity contribution in [2.24, 2.45) is 0 Å². The third-order valence-corrected chi connectivity index (χ3v) is 4.10. The Hall–Kier alpha value is -2.64. The Balaban J connectivity index is 2.24. The molecular weight excluding hydrogens is 314 g/mol. The summed E-state index contributed by atoms with van der Waals surface area (Å²) in [6, 6.07) is 4.44. The van der Waals surface area contributed by atoms with Crippen molar-refractivity contribution in [2.45, 2.75) is 19.8 Å². The van der Waals surface area contributed by atoms with E-state index in [2.05, 4.69) is 4.74 Å². The fourth-order valence-electron chi connectivity index (χ4n) is 2.80. The lowest BCUT2D eigenvalue weighted by molar-refractivity contribution is -0.385. The minimum absolute atomic E-state index is 0.0641. The fourth-order valence-corrected chi connectivity index (χ4v) is 2.80. The van der Waals surface area contributed by atoms with Crippen molar-refractivity contribution in [1.29, 1.82) is 0 Å². The Morgan fingerprint density at radius 3 is 2.62 bits per heavy atom. The first-order chi connectivity index (χ1) is 11.5. The lowest BCUT2D eigenvalue weighted by atomic mass is 10.1. The normalized spacial score (nSPS) is 14.9. The molecule has 0 aliphatic carbocycles. The van der Waals surface area contributed by atoms with Crippen LogP contribution in [0.25, 0.3) is 0 Å². The minimum Gasteiger partial charge on any atom is -0.465 e. The number of ether oxygens (including phenoxy) is 1. The van der Waals surface area contributed by atoms with Crippen LogP contribution in [0.5, 0.6) is 0 Å². The number of esters is 1. The highest BCUT2D eigenvalue weighted by atomic mass is 16.6. The standard InChI is InChI=1S/C16H21N3O5/c1-3-15(20)18-8-4-7-17(9-10-18)12-5-6-14(19(22)23)13(11-12)16(21)24-2/h5-6,11H,3-4,7-10H2,1-2H3. The van der Waals surface area contributed by atoms with Crippen LogP contribution in [-0.2, 0) is 9.53 Å². The minimum atomic E-state index is -0.735. The Morgan fingerprint density at radius 1 is 1.25 bits per heavy atom. The molecule has 24 heavy (non-hydrogen) atoms. The first-order valence-corrected chi connectivity index (χ1v) is 7.87. The van der Waals surface area contributed by atoms with Crippen molar-refractivity contribution in [3.63, 3.8) is 0 Å². The van der Waals surface area contributed by atoms with E-state index in [1.165, 1.54) is 19.2 Å². The van der Waals surface area contributed by atoms with E-state index in [0.29, 0.717) is 38.3 Å². The molecule has 0 saturated carbocycles. The van der Waals surface area contributed by atoms with Crippen LogP contribution < -0.4 is 4.90 Å². The number of nitrogens with zero attached hydrogens (tertiary/aromatic N) is 3. The summed E-state index contributed by atoms with van der Waals surface area (Å²) in [6.07, 6.45) is 1.28. The summed E-state index contributed by atoms with van der Waals surface area (Å²) in [5.74, 6) is -0.614. The molecule has 0 radical (unpaired) electrons. The molecule has 2 rings (SSSR count). The lowest BCUT2D eigenvalue weighted by Gasteiger charge is -2.24. The fraction of sp³-hybridized carbons (Fsp3) is 0.500. The summed E-state index contributed by atoms with van der Waals surface area (Å²) < 4.78 is 4.64. The predicted molar refractivity (Wildman–Crippen MR) is 88.1 cm³/mol. The lowest BCUT2D eigenvalue weighted by Crippen LogP contribution is -2.34. The van der Waals surface area contributed by atoms with E-state index < -0.39 is 10.9 Å². The van der Waals surface area contributed by atoms with Crippen molar-refractivity contribution in [2.75, 3.05) is 38.2 Å². The van der Waals surface area contributed by atoms with Crippen LogP contribution in [0.2, 0.25) is 0 Å². The number of rotatable bonds is 4. The van der Waals surface area contributed by atoms with E-state index in [1.54, 1.807) is 6.07 Å². The van der Waals surface area contributed by atoms with Crippen LogP contribution in [0.4, 0.5) is 11.4 Å². The number of anilines is 1. The van der Waals surface area contributed by atoms with Gasteiger partial charge in [-0.2, -0.15) is 0 Å². The van der Waals surface area contributed by atoms with Crippen LogP contribution in [0.3, 0.4) is 0 Å². The van der Waals surface area contributed by atoms with Crippen molar-refractivity contribution in [3.8, 4) is 0 Å². The molecule has 1 fully saturated rings. The van der Waals surface area contributed by atoms with Crippen molar-refractivity contribution >= 4 is 23.3 Å². The van der Waals surface area contributed by atoms with Crippen molar-refractivity contribution < 1.29 is 19.2 Å². The second-order valence-corrected chi connectivity index (χ2v) is 5.53. The zero-order chi connectivity index (χ0) is 17.7. The van der Waals surface area contributed by atoms with Crippen LogP contribution >= 0.6 is 0 Å². The summed E-state index contributed by atoms with van der Waals surface area (Å²) in [4.78, 5) is 38.0. The highest BCUT2D eigenvalue weighted by molar-refractivity contribution is 5.95. The Labute approximate surface area is 140 Å². The average Bonchev–Trinajstić information content (AvgIpc) is 2.85. The van der Waals surface area contributed by atoms with Crippen molar-refractivity contribution in [1.82, 2.24) is 4.90 Å². The number of carbonyl (C=O) groups excluding carboxylic acids is 2. The number of benzene rings is 1. The van der Waals surface area contributed by atoms with E-state index in [4.69, 9.17) is 0 Å². The zero-order valence-electron chi connectivity index (χ0n) is 13.9. The van der Waals surface area contributed by atoms with E-state index in [-0.39, 0.29) is 17.2 Å². The number of methoxy groups -OCH3 is 1. The molecular formula is C16H21N3O5. The molecule has 0 aromatic heterocycles. The molecule has 130 valence electrons. The molecule has 0 bridgehead atoms. The summed E-state index contributed by atoms with van der Waals surface area (Å²) >= 11 is 0. The molecule has 1 aliphatic heterocycles. The van der Waals surface area contributed by atoms with Crippen LogP contribution in [0.15, 0.2) is 18.2 Å². The summed E-state index contributed by atoms with van der Waals surface area (Å²) in [7, 11) is 1.19. The molecule has 1 heterocycles. The molecule has 8 heteroatoms. The average molecular weight is 335 g/mol. The maximum atomic E-state index is 11.8. The maximum Gasteiger partial charge on any atom is 0.344 e. The molecule has 1 aromatic rings. The third-order valence-electron chi connectivity index (χ3n) is 4.10. The molecule has 1 amide bonds. The monoisotopic (exact) mass is 335 g/mol. The van der Waals surface area contributed by atoms with Gasteiger partial charge in [-0.05, 0) is 18.6 Å². The van der Waals surface area contributed by atoms with Crippen LogP contribution in [-0.4, -0.2) is 55.0 Å². The quantitative estimate of drug-likeness (QED) is 0.473. The second kappa shape index (κ2) is 7.76. The van der Waals surface area contributed by atoms with Gasteiger partial charge >= 0.3 is 5.97 Å². The maximum absolute atomic E-state index is 11.8. The Bertz CT molecular complexity index is 647. The largest absolute Gasteiger partial charge is 0.465 e. The molecule has 0 unspecified atom stereocenters. The molecule has 1 saturated heterocycles. The first kappa shape index (κ1) is 17.7. The van der Waals surface area contributed by atoms with Gasteiger partial charge in [-0.1, -0.05) is 6.92 Å². The summed E-state index contributed by atoms with van der Waals surface area (Å²) in [6.45, 7) is 4.46. The van der Waals surface area contributed by atoms with Gasteiger partial charge in [0.05, 0.1) is 12.0 Å². The number of hydrogen-bond donors (Lipinski definition) is 0. The van der Waals surface area contributed by atoms with E-state index in [1.807, 2.05) is 16.7 Å². The molecule has 1 aliphatic rings. The van der Waals surface area contributed by atoms with Crippen LogP contribution in [0, 0.1) is 10.1 Å². The van der Waals surface area contributed by atoms with Gasteiger partial charge in [0, 0.05) is 44.4 Å². The van der Waals surface area contributed by atoms with Gasteiger partial charge in [0.1, 0.15) is 5.56 Å². The van der Waals surface area contributed by atoms with Crippen LogP contribution in [0.1, 0.15) is 30.1 Å². The molecule has 1 aromatic carbocycles. The summed E-state index contributed by atoms with van der Waals surface area (Å²) in [5.41, 5.74) is 0.376. The number of nitro groups is 1. The number of carbonyl (C=O) groups is 2. The molecule has 0 spiro atoms. The zero-order valence-corrected chi connectivity index (χ0v) is 13.9. The predicted octanol–water partition coefficient (Wildman–Crippen LogP) is 1.83. The van der Waals surface area contributed by atoms with Gasteiger partial charge in [-0.3, -0.25) is 14.9 Å². The summed E-state index contributed by atoms with van der Waals surface area (Å²) in [5, 5.41) is 11.1. The number of nitro benzene ring substituents is 1. The van der Waals surface area contributed by atoms with Gasteiger partial charge in [0.25, 0.3) is 5.69 Å². The van der Waals surface area contributed by atoms with Gasteiger partial charge < -0.3 is 14.5 Å². The van der Waals surface area contributed by atoms with E-state index >= 15 is 0 Å². The SMILES string of the molecule is CCC(=O)N1CCCN(c2ccc([N+](=O)[O-])c(C(=O)OC)c2)CC1. The third kappa shape index (κ3) is 3.81. The van der Waals surface area contributed by atoms with Gasteiger partial charge in [-0.15, -0.1) is 0 Å². The van der Waals surface area contributed by atoms with E-state index in [9.17, 15) is 19.7 Å². The smallest absolute Gasteiger partial charge is 0.344 e. The van der Waals surface area contributed by atoms with Crippen molar-refractivity contribution in [3.05, 3.63) is 33.9 Å².